The van der Waals surface area contributed by atoms with Gasteiger partial charge in [0.1, 0.15) is 17.1 Å². The van der Waals surface area contributed by atoms with Crippen molar-refractivity contribution in [3.63, 3.8) is 0 Å². The van der Waals surface area contributed by atoms with Gasteiger partial charge in [-0.1, -0.05) is 6.92 Å². The number of ether oxygens (including phenoxy) is 3. The monoisotopic (exact) mass is 373 g/mol. The minimum absolute atomic E-state index is 0.0453. The van der Waals surface area contributed by atoms with Crippen LogP contribution in [-0.4, -0.2) is 54.1 Å². The second kappa shape index (κ2) is 6.75. The molecule has 8 nitrogen and oxygen atoms in total. The van der Waals surface area contributed by atoms with E-state index in [-0.39, 0.29) is 18.6 Å². The molecule has 4 rings (SSSR count). The molecule has 0 saturated carbocycles. The molecule has 2 amide bonds. The smallest absolute Gasteiger partial charge is 0.263 e. The molecule has 1 fully saturated rings. The van der Waals surface area contributed by atoms with Gasteiger partial charge in [-0.15, -0.1) is 0 Å². The summed E-state index contributed by atoms with van der Waals surface area (Å²) in [6.07, 6.45) is 1.14. The highest BCUT2D eigenvalue weighted by Gasteiger charge is 2.46. The van der Waals surface area contributed by atoms with Crippen LogP contribution in [0.3, 0.4) is 0 Å². The number of benzene rings is 1. The average Bonchev–Trinajstić information content (AvgIpc) is 3.26. The fourth-order valence-corrected chi connectivity index (χ4v) is 3.65. The van der Waals surface area contributed by atoms with Gasteiger partial charge in [0.25, 0.3) is 11.8 Å². The third-order valence-electron chi connectivity index (χ3n) is 5.27. The molecular formula is C19H23N3O5. The van der Waals surface area contributed by atoms with Gasteiger partial charge in [0.05, 0.1) is 0 Å². The minimum Gasteiger partial charge on any atom is -0.481 e. The zero-order chi connectivity index (χ0) is 19.0. The van der Waals surface area contributed by atoms with E-state index < -0.39 is 11.6 Å². The maximum atomic E-state index is 12.8. The average molecular weight is 373 g/mol. The standard InChI is InChI=1S/C19H23N3O5/c1-3-16-20-18(24)19(21-16)6-8-22(9-7-19)17(23)12(2)27-13-4-5-14-15(10-13)26-11-25-14/h4-5,10,12H,3,6-9,11H2,1-2H3,(H,20,21,24)/t12-/m1/s1. The molecule has 1 aromatic rings. The van der Waals surface area contributed by atoms with E-state index in [1.807, 2.05) is 6.92 Å². The van der Waals surface area contributed by atoms with E-state index in [0.29, 0.717) is 49.6 Å². The van der Waals surface area contributed by atoms with Crippen molar-refractivity contribution in [2.75, 3.05) is 19.9 Å². The maximum Gasteiger partial charge on any atom is 0.263 e. The Morgan fingerprint density at radius 2 is 2.07 bits per heavy atom. The Kier molecular flexibility index (Phi) is 4.41. The predicted molar refractivity (Wildman–Crippen MR) is 97.1 cm³/mol. The Bertz CT molecular complexity index is 799. The highest BCUT2D eigenvalue weighted by Crippen LogP contribution is 2.35. The quantitative estimate of drug-likeness (QED) is 0.864. The van der Waals surface area contributed by atoms with Crippen LogP contribution in [0.1, 0.15) is 33.1 Å². The lowest BCUT2D eigenvalue weighted by atomic mass is 9.88. The van der Waals surface area contributed by atoms with Gasteiger partial charge in [-0.3, -0.25) is 14.6 Å². The van der Waals surface area contributed by atoms with Gasteiger partial charge < -0.3 is 24.4 Å². The summed E-state index contributed by atoms with van der Waals surface area (Å²) in [7, 11) is 0. The Labute approximate surface area is 157 Å². The topological polar surface area (TPSA) is 89.5 Å². The summed E-state index contributed by atoms with van der Waals surface area (Å²) in [5.74, 6) is 2.44. The van der Waals surface area contributed by atoms with Crippen molar-refractivity contribution in [2.24, 2.45) is 4.99 Å². The molecule has 0 radical (unpaired) electrons. The number of nitrogens with one attached hydrogen (secondary N) is 1. The summed E-state index contributed by atoms with van der Waals surface area (Å²) < 4.78 is 16.4. The van der Waals surface area contributed by atoms with Crippen LogP contribution in [0.2, 0.25) is 0 Å². The molecule has 0 aliphatic carbocycles. The van der Waals surface area contributed by atoms with Crippen LogP contribution >= 0.6 is 0 Å². The summed E-state index contributed by atoms with van der Waals surface area (Å²) >= 11 is 0. The summed E-state index contributed by atoms with van der Waals surface area (Å²) in [6, 6.07) is 5.25. The van der Waals surface area contributed by atoms with Crippen LogP contribution in [0.5, 0.6) is 17.2 Å². The van der Waals surface area contributed by atoms with E-state index in [9.17, 15) is 9.59 Å². The van der Waals surface area contributed by atoms with E-state index in [4.69, 9.17) is 14.2 Å². The summed E-state index contributed by atoms with van der Waals surface area (Å²) in [5, 5.41) is 2.84. The lowest BCUT2D eigenvalue weighted by Crippen LogP contribution is -2.52. The molecule has 0 aromatic heterocycles. The van der Waals surface area contributed by atoms with Crippen molar-refractivity contribution >= 4 is 17.6 Å². The third kappa shape index (κ3) is 3.20. The Balaban J connectivity index is 1.36. The van der Waals surface area contributed by atoms with E-state index >= 15 is 0 Å². The molecule has 1 aromatic carbocycles. The molecule has 0 bridgehead atoms. The van der Waals surface area contributed by atoms with Crippen LogP contribution in [0.4, 0.5) is 0 Å². The molecular weight excluding hydrogens is 350 g/mol. The van der Waals surface area contributed by atoms with Crippen molar-refractivity contribution in [2.45, 2.75) is 44.8 Å². The van der Waals surface area contributed by atoms with Crippen LogP contribution in [0.15, 0.2) is 23.2 Å². The lowest BCUT2D eigenvalue weighted by molar-refractivity contribution is -0.141. The number of piperidine rings is 1. The van der Waals surface area contributed by atoms with Crippen molar-refractivity contribution in [3.05, 3.63) is 18.2 Å². The second-order valence-electron chi connectivity index (χ2n) is 7.00. The second-order valence-corrected chi connectivity index (χ2v) is 7.00. The van der Waals surface area contributed by atoms with Gasteiger partial charge in [-0.05, 0) is 31.9 Å². The highest BCUT2D eigenvalue weighted by molar-refractivity contribution is 6.08. The van der Waals surface area contributed by atoms with Crippen molar-refractivity contribution in [1.82, 2.24) is 10.2 Å². The number of amides is 2. The lowest BCUT2D eigenvalue weighted by Gasteiger charge is -2.36. The van der Waals surface area contributed by atoms with Crippen molar-refractivity contribution < 1.29 is 23.8 Å². The summed E-state index contributed by atoms with van der Waals surface area (Å²) in [4.78, 5) is 31.4. The van der Waals surface area contributed by atoms with E-state index in [1.54, 1.807) is 30.0 Å². The first-order valence-electron chi connectivity index (χ1n) is 9.26. The molecule has 1 saturated heterocycles. The number of hydrogen-bond donors (Lipinski definition) is 1. The van der Waals surface area contributed by atoms with Gasteiger partial charge in [0, 0.05) is 25.6 Å². The summed E-state index contributed by atoms with van der Waals surface area (Å²) in [5.41, 5.74) is -0.705. The SMILES string of the molecule is CCC1=NC2(CCN(C(=O)[C@@H](C)Oc3ccc4c(c3)OCO4)CC2)C(=O)N1. The molecule has 27 heavy (non-hydrogen) atoms. The van der Waals surface area contributed by atoms with Gasteiger partial charge >= 0.3 is 0 Å². The normalized spacial score (nSPS) is 21.0. The van der Waals surface area contributed by atoms with Gasteiger partial charge in [-0.2, -0.15) is 0 Å². The molecule has 1 atom stereocenters. The van der Waals surface area contributed by atoms with Gasteiger partial charge in [-0.25, -0.2) is 0 Å². The Morgan fingerprint density at radius 3 is 2.78 bits per heavy atom. The zero-order valence-corrected chi connectivity index (χ0v) is 15.5. The number of fused-ring (bicyclic) bond motifs is 1. The fourth-order valence-electron chi connectivity index (χ4n) is 3.65. The first kappa shape index (κ1) is 17.6. The van der Waals surface area contributed by atoms with Crippen LogP contribution in [0.25, 0.3) is 0 Å². The van der Waals surface area contributed by atoms with Crippen molar-refractivity contribution in [3.8, 4) is 17.2 Å². The first-order chi connectivity index (χ1) is 13.0. The minimum atomic E-state index is -0.705. The maximum absolute atomic E-state index is 12.8. The molecule has 8 heteroatoms. The molecule has 3 aliphatic rings. The molecule has 1 spiro atoms. The highest BCUT2D eigenvalue weighted by atomic mass is 16.7. The molecule has 0 unspecified atom stereocenters. The van der Waals surface area contributed by atoms with E-state index in [1.165, 1.54) is 0 Å². The largest absolute Gasteiger partial charge is 0.481 e. The number of likely N-dealkylation sites (tertiary alicyclic amines) is 1. The Morgan fingerprint density at radius 1 is 1.33 bits per heavy atom. The number of aliphatic imine (C=N–C) groups is 1. The predicted octanol–water partition coefficient (Wildman–Crippen LogP) is 1.48. The number of rotatable bonds is 4. The number of nitrogens with zero attached hydrogens (tertiary/aromatic N) is 2. The van der Waals surface area contributed by atoms with E-state index in [0.717, 1.165) is 5.84 Å². The van der Waals surface area contributed by atoms with Crippen molar-refractivity contribution in [1.29, 1.82) is 0 Å². The first-order valence-corrected chi connectivity index (χ1v) is 9.26. The summed E-state index contributed by atoms with van der Waals surface area (Å²) in [6.45, 7) is 4.86. The molecule has 3 aliphatic heterocycles. The number of hydrogen-bond acceptors (Lipinski definition) is 6. The van der Waals surface area contributed by atoms with Crippen LogP contribution in [0, 0.1) is 0 Å². The van der Waals surface area contributed by atoms with E-state index in [2.05, 4.69) is 10.3 Å². The fraction of sp³-hybridized carbons (Fsp3) is 0.526. The Hall–Kier alpha value is -2.77. The molecule has 144 valence electrons. The third-order valence-corrected chi connectivity index (χ3v) is 5.27. The van der Waals surface area contributed by atoms with Gasteiger partial charge in [0.2, 0.25) is 6.79 Å². The number of carbonyl (C=O) groups is 2. The number of amidine groups is 1. The van der Waals surface area contributed by atoms with Crippen LogP contribution in [-0.2, 0) is 9.59 Å². The molecule has 1 N–H and O–H groups in total. The molecule has 3 heterocycles. The van der Waals surface area contributed by atoms with Gasteiger partial charge in [0.15, 0.2) is 17.6 Å². The van der Waals surface area contributed by atoms with Crippen LogP contribution < -0.4 is 19.5 Å². The zero-order valence-electron chi connectivity index (χ0n) is 15.5. The number of carbonyl (C=O) groups excluding carboxylic acids is 2.